The van der Waals surface area contributed by atoms with E-state index in [1.165, 1.54) is 10.5 Å². The van der Waals surface area contributed by atoms with Crippen LogP contribution in [0.3, 0.4) is 0 Å². The van der Waals surface area contributed by atoms with Gasteiger partial charge in [-0.25, -0.2) is 0 Å². The first-order valence-electron chi connectivity index (χ1n) is 4.02. The molecule has 0 aliphatic heterocycles. The second-order valence-corrected chi connectivity index (χ2v) is 3.91. The predicted molar refractivity (Wildman–Crippen MR) is 53.4 cm³/mol. The Kier molecular flexibility index (Phi) is 4.05. The van der Waals surface area contributed by atoms with E-state index in [-0.39, 0.29) is 0 Å². The van der Waals surface area contributed by atoms with Crippen molar-refractivity contribution in [2.45, 2.75) is 20.5 Å². The van der Waals surface area contributed by atoms with Gasteiger partial charge < -0.3 is 4.74 Å². The fraction of sp³-hybridized carbons (Fsp3) is 0.400. The Labute approximate surface area is 77.7 Å². The van der Waals surface area contributed by atoms with Crippen LogP contribution in [0.2, 0.25) is 0 Å². The smallest absolute Gasteiger partial charge is 0.0813 e. The van der Waals surface area contributed by atoms with E-state index < -0.39 is 0 Å². The standard InChI is InChI=1S/C10H14OS/c1-9(2)5-6-11-8-10-4-3-7-12-10/h3-5,7H,6,8H2,1-2H3. The molecule has 0 saturated carbocycles. The lowest BCUT2D eigenvalue weighted by Crippen LogP contribution is -1.90. The lowest BCUT2D eigenvalue weighted by Gasteiger charge is -1.97. The summed E-state index contributed by atoms with van der Waals surface area (Å²) in [6.07, 6.45) is 2.09. The molecule has 0 atom stereocenters. The van der Waals surface area contributed by atoms with Crippen molar-refractivity contribution in [3.63, 3.8) is 0 Å². The molecular formula is C10H14OS. The van der Waals surface area contributed by atoms with Crippen LogP contribution in [-0.4, -0.2) is 6.61 Å². The second-order valence-electron chi connectivity index (χ2n) is 2.88. The normalized spacial score (nSPS) is 9.83. The highest BCUT2D eigenvalue weighted by Crippen LogP contribution is 2.09. The molecule has 0 aliphatic rings. The zero-order valence-electron chi connectivity index (χ0n) is 7.54. The van der Waals surface area contributed by atoms with Gasteiger partial charge >= 0.3 is 0 Å². The topological polar surface area (TPSA) is 9.23 Å². The summed E-state index contributed by atoms with van der Waals surface area (Å²) in [5, 5.41) is 2.07. The number of hydrogen-bond donors (Lipinski definition) is 0. The maximum atomic E-state index is 5.42. The van der Waals surface area contributed by atoms with Gasteiger partial charge in [-0.05, 0) is 25.3 Å². The average Bonchev–Trinajstić information content (AvgIpc) is 2.49. The van der Waals surface area contributed by atoms with Gasteiger partial charge in [-0.1, -0.05) is 17.7 Å². The lowest BCUT2D eigenvalue weighted by molar-refractivity contribution is 0.150. The van der Waals surface area contributed by atoms with Gasteiger partial charge in [-0.3, -0.25) is 0 Å². The molecule has 0 bridgehead atoms. The van der Waals surface area contributed by atoms with E-state index in [1.54, 1.807) is 11.3 Å². The fourth-order valence-corrected chi connectivity index (χ4v) is 1.42. The minimum Gasteiger partial charge on any atom is -0.372 e. The Bertz CT molecular complexity index is 232. The molecule has 1 nitrogen and oxygen atoms in total. The maximum Gasteiger partial charge on any atom is 0.0813 e. The van der Waals surface area contributed by atoms with Crippen molar-refractivity contribution in [3.8, 4) is 0 Å². The summed E-state index contributed by atoms with van der Waals surface area (Å²) in [5.74, 6) is 0. The highest BCUT2D eigenvalue weighted by molar-refractivity contribution is 7.09. The Hall–Kier alpha value is -0.600. The fourth-order valence-electron chi connectivity index (χ4n) is 0.780. The van der Waals surface area contributed by atoms with Crippen LogP contribution in [0.25, 0.3) is 0 Å². The number of allylic oxidation sites excluding steroid dienone is 1. The molecule has 0 aromatic carbocycles. The van der Waals surface area contributed by atoms with E-state index >= 15 is 0 Å². The highest BCUT2D eigenvalue weighted by atomic mass is 32.1. The van der Waals surface area contributed by atoms with Crippen LogP contribution >= 0.6 is 11.3 Å². The molecular weight excluding hydrogens is 168 g/mol. The first-order valence-corrected chi connectivity index (χ1v) is 4.90. The maximum absolute atomic E-state index is 5.42. The molecule has 0 amide bonds. The molecule has 0 N–H and O–H groups in total. The first kappa shape index (κ1) is 9.49. The number of ether oxygens (including phenoxy) is 1. The third kappa shape index (κ3) is 3.69. The number of rotatable bonds is 4. The summed E-state index contributed by atoms with van der Waals surface area (Å²) in [6, 6.07) is 4.14. The van der Waals surface area contributed by atoms with Crippen LogP contribution < -0.4 is 0 Å². The minimum atomic E-state index is 0.722. The van der Waals surface area contributed by atoms with Gasteiger partial charge in [0.15, 0.2) is 0 Å². The van der Waals surface area contributed by atoms with E-state index in [1.807, 2.05) is 6.07 Å². The summed E-state index contributed by atoms with van der Waals surface area (Å²) < 4.78 is 5.42. The molecule has 2 heteroatoms. The Morgan fingerprint density at radius 3 is 3.00 bits per heavy atom. The van der Waals surface area contributed by atoms with E-state index in [2.05, 4.69) is 31.4 Å². The van der Waals surface area contributed by atoms with E-state index in [4.69, 9.17) is 4.74 Å². The van der Waals surface area contributed by atoms with Crippen molar-refractivity contribution in [1.82, 2.24) is 0 Å². The van der Waals surface area contributed by atoms with E-state index in [0.717, 1.165) is 13.2 Å². The van der Waals surface area contributed by atoms with Crippen LogP contribution in [0.1, 0.15) is 18.7 Å². The van der Waals surface area contributed by atoms with Gasteiger partial charge in [-0.15, -0.1) is 11.3 Å². The minimum absolute atomic E-state index is 0.722. The molecule has 66 valence electrons. The van der Waals surface area contributed by atoms with Crippen molar-refractivity contribution < 1.29 is 4.74 Å². The Balaban J connectivity index is 2.16. The molecule has 0 aliphatic carbocycles. The first-order chi connectivity index (χ1) is 5.79. The summed E-state index contributed by atoms with van der Waals surface area (Å²) in [4.78, 5) is 1.29. The van der Waals surface area contributed by atoms with E-state index in [9.17, 15) is 0 Å². The summed E-state index contributed by atoms with van der Waals surface area (Å²) in [6.45, 7) is 5.62. The molecule has 1 rings (SSSR count). The Morgan fingerprint density at radius 1 is 1.58 bits per heavy atom. The molecule has 12 heavy (non-hydrogen) atoms. The lowest BCUT2D eigenvalue weighted by atomic mass is 10.3. The van der Waals surface area contributed by atoms with Crippen molar-refractivity contribution in [2.75, 3.05) is 6.61 Å². The third-order valence-electron chi connectivity index (χ3n) is 1.43. The van der Waals surface area contributed by atoms with Crippen molar-refractivity contribution >= 4 is 11.3 Å². The molecule has 0 saturated heterocycles. The van der Waals surface area contributed by atoms with Gasteiger partial charge in [0.1, 0.15) is 0 Å². The Morgan fingerprint density at radius 2 is 2.42 bits per heavy atom. The summed E-state index contributed by atoms with van der Waals surface area (Å²) in [5.41, 5.74) is 1.31. The predicted octanol–water partition coefficient (Wildman–Crippen LogP) is 3.23. The molecule has 0 fully saturated rings. The van der Waals surface area contributed by atoms with Crippen LogP contribution in [0.15, 0.2) is 29.2 Å². The molecule has 0 spiro atoms. The second kappa shape index (κ2) is 5.12. The monoisotopic (exact) mass is 182 g/mol. The molecule has 1 aromatic rings. The van der Waals surface area contributed by atoms with E-state index in [0.29, 0.717) is 0 Å². The molecule has 1 aromatic heterocycles. The van der Waals surface area contributed by atoms with Crippen molar-refractivity contribution in [1.29, 1.82) is 0 Å². The van der Waals surface area contributed by atoms with Gasteiger partial charge in [0.2, 0.25) is 0 Å². The number of hydrogen-bond acceptors (Lipinski definition) is 2. The third-order valence-corrected chi connectivity index (χ3v) is 2.28. The van der Waals surface area contributed by atoms with Crippen LogP contribution in [0.5, 0.6) is 0 Å². The van der Waals surface area contributed by atoms with Crippen molar-refractivity contribution in [3.05, 3.63) is 34.0 Å². The average molecular weight is 182 g/mol. The SMILES string of the molecule is CC(C)=CCOCc1cccs1. The van der Waals surface area contributed by atoms with Gasteiger partial charge in [0.05, 0.1) is 13.2 Å². The zero-order valence-corrected chi connectivity index (χ0v) is 8.36. The van der Waals surface area contributed by atoms with Gasteiger partial charge in [0.25, 0.3) is 0 Å². The largest absolute Gasteiger partial charge is 0.372 e. The van der Waals surface area contributed by atoms with Gasteiger partial charge in [0, 0.05) is 4.88 Å². The summed E-state index contributed by atoms with van der Waals surface area (Å²) >= 11 is 1.74. The number of thiophene rings is 1. The van der Waals surface area contributed by atoms with Crippen molar-refractivity contribution in [2.24, 2.45) is 0 Å². The molecule has 1 heterocycles. The zero-order chi connectivity index (χ0) is 8.81. The van der Waals surface area contributed by atoms with Gasteiger partial charge in [-0.2, -0.15) is 0 Å². The van der Waals surface area contributed by atoms with Crippen LogP contribution in [0, 0.1) is 0 Å². The van der Waals surface area contributed by atoms with Crippen LogP contribution in [0.4, 0.5) is 0 Å². The molecule has 0 unspecified atom stereocenters. The quantitative estimate of drug-likeness (QED) is 0.513. The van der Waals surface area contributed by atoms with Crippen LogP contribution in [-0.2, 0) is 11.3 Å². The highest BCUT2D eigenvalue weighted by Gasteiger charge is 1.91. The summed E-state index contributed by atoms with van der Waals surface area (Å²) in [7, 11) is 0. The molecule has 0 radical (unpaired) electrons.